The highest BCUT2D eigenvalue weighted by Crippen LogP contribution is 2.28. The Hall–Kier alpha value is -2.60. The third-order valence-corrected chi connectivity index (χ3v) is 3.88. The third-order valence-electron chi connectivity index (χ3n) is 3.88. The van der Waals surface area contributed by atoms with E-state index in [4.69, 9.17) is 9.47 Å². The first-order valence-corrected chi connectivity index (χ1v) is 8.44. The average Bonchev–Trinajstić information content (AvgIpc) is 2.64. The minimum Gasteiger partial charge on any atom is -0.493 e. The number of nitrogens with zero attached hydrogens (tertiary/aromatic N) is 1. The van der Waals surface area contributed by atoms with Gasteiger partial charge in [-0.25, -0.2) is 4.39 Å². The Balaban J connectivity index is 1.88. The fraction of sp³-hybridized carbons (Fsp3) is 0.350. The van der Waals surface area contributed by atoms with Crippen LogP contribution in [0.4, 0.5) is 4.39 Å². The third kappa shape index (κ3) is 6.04. The summed E-state index contributed by atoms with van der Waals surface area (Å²) in [5.41, 5.74) is 1.91. The van der Waals surface area contributed by atoms with E-state index >= 15 is 0 Å². The molecule has 26 heavy (non-hydrogen) atoms. The number of benzene rings is 2. The molecule has 0 aliphatic carbocycles. The quantitative estimate of drug-likeness (QED) is 0.699. The molecule has 2 rings (SSSR count). The first-order chi connectivity index (χ1) is 12.5. The maximum absolute atomic E-state index is 12.9. The number of methoxy groups -OCH3 is 1. The van der Waals surface area contributed by atoms with Crippen LogP contribution in [0.25, 0.3) is 0 Å². The van der Waals surface area contributed by atoms with Crippen molar-refractivity contribution in [3.05, 3.63) is 59.4 Å². The molecular formula is C20H25FN2O3. The highest BCUT2D eigenvalue weighted by atomic mass is 19.1. The Morgan fingerprint density at radius 2 is 1.77 bits per heavy atom. The van der Waals surface area contributed by atoms with E-state index in [0.717, 1.165) is 11.1 Å². The number of nitrogens with one attached hydrogen (secondary N) is 1. The van der Waals surface area contributed by atoms with Crippen LogP contribution in [-0.2, 0) is 17.9 Å². The molecule has 140 valence electrons. The van der Waals surface area contributed by atoms with Gasteiger partial charge < -0.3 is 19.7 Å². The van der Waals surface area contributed by atoms with Crippen molar-refractivity contribution >= 4 is 5.91 Å². The normalized spacial score (nSPS) is 10.5. The van der Waals surface area contributed by atoms with Crippen LogP contribution in [0.3, 0.4) is 0 Å². The zero-order valence-electron chi connectivity index (χ0n) is 15.4. The molecule has 1 N–H and O–H groups in total. The number of ether oxygens (including phenoxy) is 2. The summed E-state index contributed by atoms with van der Waals surface area (Å²) in [4.78, 5) is 13.1. The second-order valence-corrected chi connectivity index (χ2v) is 6.12. The van der Waals surface area contributed by atoms with Crippen molar-refractivity contribution in [2.75, 3.05) is 27.7 Å². The molecule has 0 saturated carbocycles. The van der Waals surface area contributed by atoms with Crippen molar-refractivity contribution in [3.8, 4) is 11.5 Å². The molecule has 0 unspecified atom stereocenters. The lowest BCUT2D eigenvalue weighted by molar-refractivity contribution is -0.128. The zero-order chi connectivity index (χ0) is 18.9. The van der Waals surface area contributed by atoms with Crippen molar-refractivity contribution in [2.45, 2.75) is 19.6 Å². The molecule has 0 spiro atoms. The Morgan fingerprint density at radius 1 is 1.08 bits per heavy atom. The van der Waals surface area contributed by atoms with Crippen LogP contribution in [-0.4, -0.2) is 38.6 Å². The molecule has 0 saturated heterocycles. The second kappa shape index (κ2) is 9.77. The maximum atomic E-state index is 12.9. The molecule has 0 radical (unpaired) electrons. The minimum absolute atomic E-state index is 0.0969. The molecule has 0 aliphatic heterocycles. The molecule has 0 atom stereocenters. The van der Waals surface area contributed by atoms with Gasteiger partial charge in [0.25, 0.3) is 0 Å². The van der Waals surface area contributed by atoms with E-state index in [1.807, 2.05) is 18.2 Å². The summed E-state index contributed by atoms with van der Waals surface area (Å²) in [6.07, 6.45) is 0.461. The van der Waals surface area contributed by atoms with Crippen LogP contribution >= 0.6 is 0 Å². The Bertz CT molecular complexity index is 717. The van der Waals surface area contributed by atoms with E-state index < -0.39 is 0 Å². The standard InChI is InChI=1S/C20H25FN2O3/c1-23(2)20(24)10-11-22-13-16-6-9-18(19(12-16)25-3)26-14-15-4-7-17(21)8-5-15/h4-9,12,22H,10-11,13-14H2,1-3H3. The van der Waals surface area contributed by atoms with E-state index in [9.17, 15) is 9.18 Å². The lowest BCUT2D eigenvalue weighted by atomic mass is 10.2. The molecular weight excluding hydrogens is 335 g/mol. The first-order valence-electron chi connectivity index (χ1n) is 8.44. The number of carbonyl (C=O) groups is 1. The summed E-state index contributed by atoms with van der Waals surface area (Å²) in [6.45, 7) is 1.58. The van der Waals surface area contributed by atoms with Gasteiger partial charge in [-0.2, -0.15) is 0 Å². The topological polar surface area (TPSA) is 50.8 Å². The highest BCUT2D eigenvalue weighted by Gasteiger charge is 2.07. The Labute approximate surface area is 153 Å². The number of rotatable bonds is 9. The van der Waals surface area contributed by atoms with Gasteiger partial charge in [0.1, 0.15) is 12.4 Å². The zero-order valence-corrected chi connectivity index (χ0v) is 15.4. The average molecular weight is 360 g/mol. The molecule has 0 aromatic heterocycles. The molecule has 2 aromatic carbocycles. The van der Waals surface area contributed by atoms with Crippen molar-refractivity contribution < 1.29 is 18.7 Å². The van der Waals surface area contributed by atoms with E-state index in [1.54, 1.807) is 38.2 Å². The van der Waals surface area contributed by atoms with Gasteiger partial charge in [0.05, 0.1) is 7.11 Å². The van der Waals surface area contributed by atoms with Crippen molar-refractivity contribution in [3.63, 3.8) is 0 Å². The predicted octanol–water partition coefficient (Wildman–Crippen LogP) is 2.98. The summed E-state index contributed by atoms with van der Waals surface area (Å²) >= 11 is 0. The van der Waals surface area contributed by atoms with E-state index in [-0.39, 0.29) is 11.7 Å². The lowest BCUT2D eigenvalue weighted by Crippen LogP contribution is -2.26. The molecule has 0 fully saturated rings. The number of hydrogen-bond donors (Lipinski definition) is 1. The number of carbonyl (C=O) groups excluding carboxylic acids is 1. The predicted molar refractivity (Wildman–Crippen MR) is 98.7 cm³/mol. The number of amides is 1. The minimum atomic E-state index is -0.268. The smallest absolute Gasteiger partial charge is 0.223 e. The van der Waals surface area contributed by atoms with Crippen molar-refractivity contribution in [2.24, 2.45) is 0 Å². The van der Waals surface area contributed by atoms with Crippen LogP contribution in [0.15, 0.2) is 42.5 Å². The van der Waals surface area contributed by atoms with Gasteiger partial charge >= 0.3 is 0 Å². The highest BCUT2D eigenvalue weighted by molar-refractivity contribution is 5.75. The van der Waals surface area contributed by atoms with E-state index in [1.165, 1.54) is 12.1 Å². The van der Waals surface area contributed by atoms with Crippen molar-refractivity contribution in [1.29, 1.82) is 0 Å². The largest absolute Gasteiger partial charge is 0.493 e. The fourth-order valence-electron chi connectivity index (χ4n) is 2.33. The van der Waals surface area contributed by atoms with E-state index in [2.05, 4.69) is 5.32 Å². The number of halogens is 1. The van der Waals surface area contributed by atoms with Gasteiger partial charge in [-0.1, -0.05) is 18.2 Å². The van der Waals surface area contributed by atoms with Crippen LogP contribution in [0.1, 0.15) is 17.5 Å². The SMILES string of the molecule is COc1cc(CNCCC(=O)N(C)C)ccc1OCc1ccc(F)cc1. The van der Waals surface area contributed by atoms with Gasteiger partial charge in [-0.3, -0.25) is 4.79 Å². The van der Waals surface area contributed by atoms with Crippen LogP contribution in [0.5, 0.6) is 11.5 Å². The molecule has 2 aromatic rings. The van der Waals surface area contributed by atoms with Gasteiger partial charge in [-0.05, 0) is 35.4 Å². The molecule has 0 heterocycles. The van der Waals surface area contributed by atoms with Crippen LogP contribution in [0.2, 0.25) is 0 Å². The van der Waals surface area contributed by atoms with Gasteiger partial charge in [0, 0.05) is 33.6 Å². The molecule has 0 aliphatic rings. The summed E-state index contributed by atoms with van der Waals surface area (Å²) < 4.78 is 24.1. The maximum Gasteiger partial charge on any atom is 0.223 e. The summed E-state index contributed by atoms with van der Waals surface area (Å²) in [6, 6.07) is 11.9. The molecule has 6 heteroatoms. The molecule has 0 bridgehead atoms. The van der Waals surface area contributed by atoms with Crippen LogP contribution < -0.4 is 14.8 Å². The summed E-state index contributed by atoms with van der Waals surface area (Å²) in [7, 11) is 5.09. The van der Waals surface area contributed by atoms with Gasteiger partial charge in [0.15, 0.2) is 11.5 Å². The fourth-order valence-corrected chi connectivity index (χ4v) is 2.33. The van der Waals surface area contributed by atoms with Crippen LogP contribution in [0, 0.1) is 5.82 Å². The Kier molecular flexibility index (Phi) is 7.41. The monoisotopic (exact) mass is 360 g/mol. The van der Waals surface area contributed by atoms with Gasteiger partial charge in [0.2, 0.25) is 5.91 Å². The summed E-state index contributed by atoms with van der Waals surface area (Å²) in [5, 5.41) is 3.24. The summed E-state index contributed by atoms with van der Waals surface area (Å²) in [5.74, 6) is 1.09. The first kappa shape index (κ1) is 19.7. The van der Waals surface area contributed by atoms with Gasteiger partial charge in [-0.15, -0.1) is 0 Å². The molecule has 5 nitrogen and oxygen atoms in total. The second-order valence-electron chi connectivity index (χ2n) is 6.12. The number of hydrogen-bond acceptors (Lipinski definition) is 4. The Morgan fingerprint density at radius 3 is 2.42 bits per heavy atom. The lowest BCUT2D eigenvalue weighted by Gasteiger charge is -2.13. The molecule has 1 amide bonds. The van der Waals surface area contributed by atoms with Crippen molar-refractivity contribution in [1.82, 2.24) is 10.2 Å². The van der Waals surface area contributed by atoms with E-state index in [0.29, 0.717) is 37.6 Å².